The van der Waals surface area contributed by atoms with Gasteiger partial charge in [-0.1, -0.05) is 6.07 Å². The van der Waals surface area contributed by atoms with E-state index in [1.54, 1.807) is 7.05 Å². The van der Waals surface area contributed by atoms with Crippen LogP contribution in [0, 0.1) is 15.9 Å². The zero-order chi connectivity index (χ0) is 21.2. The van der Waals surface area contributed by atoms with Crippen LogP contribution in [-0.4, -0.2) is 61.7 Å². The highest BCUT2D eigenvalue weighted by molar-refractivity contribution is 7.89. The van der Waals surface area contributed by atoms with Gasteiger partial charge in [0.2, 0.25) is 10.0 Å². The minimum atomic E-state index is -3.88. The van der Waals surface area contributed by atoms with Crippen LogP contribution in [0.3, 0.4) is 0 Å². The van der Waals surface area contributed by atoms with E-state index in [0.29, 0.717) is 5.69 Å². The highest BCUT2D eigenvalue weighted by Crippen LogP contribution is 2.25. The van der Waals surface area contributed by atoms with Crippen molar-refractivity contribution in [1.29, 1.82) is 0 Å². The van der Waals surface area contributed by atoms with Gasteiger partial charge in [0.15, 0.2) is 0 Å². The van der Waals surface area contributed by atoms with Crippen molar-refractivity contribution in [2.45, 2.75) is 4.90 Å². The zero-order valence-corrected chi connectivity index (χ0v) is 16.4. The molecule has 29 heavy (non-hydrogen) atoms. The predicted octanol–water partition coefficient (Wildman–Crippen LogP) is 1.92. The van der Waals surface area contributed by atoms with E-state index < -0.39 is 26.7 Å². The number of carbonyl (C=O) groups excluding carboxylic acids is 1. The Morgan fingerprint density at radius 3 is 2.41 bits per heavy atom. The Bertz CT molecular complexity index is 1050. The van der Waals surface area contributed by atoms with E-state index in [4.69, 9.17) is 0 Å². The standard InChI is InChI=1S/C18H19FN4O5S/c1-20-17-6-5-14(23(25)26)12-16(17)18(24)21-7-9-22(10-8-21)29(27,28)15-4-2-3-13(19)11-15/h2-6,11-12,20H,7-10H2,1H3. The van der Waals surface area contributed by atoms with Crippen LogP contribution in [-0.2, 0) is 10.0 Å². The van der Waals surface area contributed by atoms with Gasteiger partial charge in [0.25, 0.3) is 11.6 Å². The third-order valence-corrected chi connectivity index (χ3v) is 6.57. The lowest BCUT2D eigenvalue weighted by atomic mass is 10.1. The molecule has 2 aromatic carbocycles. The van der Waals surface area contributed by atoms with Gasteiger partial charge in [-0.25, -0.2) is 12.8 Å². The van der Waals surface area contributed by atoms with E-state index in [1.807, 2.05) is 0 Å². The molecule has 154 valence electrons. The maximum absolute atomic E-state index is 13.4. The van der Waals surface area contributed by atoms with Crippen LogP contribution in [0.25, 0.3) is 0 Å². The van der Waals surface area contributed by atoms with Gasteiger partial charge in [-0.3, -0.25) is 14.9 Å². The first-order chi connectivity index (χ1) is 13.7. The Labute approximate surface area is 166 Å². The van der Waals surface area contributed by atoms with Crippen LogP contribution >= 0.6 is 0 Å². The molecule has 0 aromatic heterocycles. The summed E-state index contributed by atoms with van der Waals surface area (Å²) in [5, 5.41) is 13.9. The van der Waals surface area contributed by atoms with Crippen LogP contribution in [0.4, 0.5) is 15.8 Å². The van der Waals surface area contributed by atoms with Crippen molar-refractivity contribution in [2.75, 3.05) is 38.5 Å². The largest absolute Gasteiger partial charge is 0.387 e. The molecule has 2 aromatic rings. The molecule has 1 saturated heterocycles. The molecule has 0 unspecified atom stereocenters. The second-order valence-corrected chi connectivity index (χ2v) is 8.33. The van der Waals surface area contributed by atoms with E-state index in [9.17, 15) is 27.7 Å². The van der Waals surface area contributed by atoms with Gasteiger partial charge in [-0.05, 0) is 24.3 Å². The summed E-state index contributed by atoms with van der Waals surface area (Å²) in [7, 11) is -2.28. The molecule has 1 amide bonds. The number of piperazine rings is 1. The number of nitro benzene ring substituents is 1. The normalized spacial score (nSPS) is 15.2. The number of hydrogen-bond donors (Lipinski definition) is 1. The van der Waals surface area contributed by atoms with Crippen molar-refractivity contribution in [3.63, 3.8) is 0 Å². The summed E-state index contributed by atoms with van der Waals surface area (Å²) < 4.78 is 39.9. The first-order valence-corrected chi connectivity index (χ1v) is 10.2. The number of amides is 1. The summed E-state index contributed by atoms with van der Waals surface area (Å²) in [6.07, 6.45) is 0. The quantitative estimate of drug-likeness (QED) is 0.582. The number of halogens is 1. The number of non-ortho nitro benzene ring substituents is 1. The number of nitro groups is 1. The van der Waals surface area contributed by atoms with Crippen LogP contribution in [0.1, 0.15) is 10.4 Å². The van der Waals surface area contributed by atoms with Crippen molar-refractivity contribution in [3.8, 4) is 0 Å². The molecule has 0 bridgehead atoms. The second-order valence-electron chi connectivity index (χ2n) is 6.39. The third kappa shape index (κ3) is 4.20. The first kappa shape index (κ1) is 20.7. The van der Waals surface area contributed by atoms with Crippen LogP contribution in [0.5, 0.6) is 0 Å². The molecule has 0 aliphatic carbocycles. The number of nitrogens with one attached hydrogen (secondary N) is 1. The smallest absolute Gasteiger partial charge is 0.270 e. The number of rotatable bonds is 5. The number of sulfonamides is 1. The molecule has 0 saturated carbocycles. The molecule has 0 spiro atoms. The predicted molar refractivity (Wildman–Crippen MR) is 104 cm³/mol. The van der Waals surface area contributed by atoms with Crippen molar-refractivity contribution >= 4 is 27.3 Å². The average Bonchev–Trinajstić information content (AvgIpc) is 2.72. The Morgan fingerprint density at radius 1 is 1.14 bits per heavy atom. The van der Waals surface area contributed by atoms with Gasteiger partial charge < -0.3 is 10.2 Å². The fraction of sp³-hybridized carbons (Fsp3) is 0.278. The Balaban J connectivity index is 1.76. The monoisotopic (exact) mass is 422 g/mol. The molecule has 3 rings (SSSR count). The van der Waals surface area contributed by atoms with Crippen molar-refractivity contribution in [3.05, 3.63) is 64.0 Å². The van der Waals surface area contributed by atoms with Gasteiger partial charge in [0, 0.05) is 51.0 Å². The number of carbonyl (C=O) groups is 1. The Morgan fingerprint density at radius 2 is 1.83 bits per heavy atom. The summed E-state index contributed by atoms with van der Waals surface area (Å²) in [4.78, 5) is 24.6. The molecule has 1 aliphatic rings. The summed E-state index contributed by atoms with van der Waals surface area (Å²) in [6.45, 7) is 0.293. The highest BCUT2D eigenvalue weighted by Gasteiger charge is 2.31. The van der Waals surface area contributed by atoms with Crippen LogP contribution in [0.2, 0.25) is 0 Å². The molecule has 11 heteroatoms. The van der Waals surface area contributed by atoms with Gasteiger partial charge >= 0.3 is 0 Å². The van der Waals surface area contributed by atoms with E-state index in [0.717, 1.165) is 12.1 Å². The van der Waals surface area contributed by atoms with E-state index in [-0.39, 0.29) is 42.3 Å². The summed E-state index contributed by atoms with van der Waals surface area (Å²) in [6, 6.07) is 8.71. The zero-order valence-electron chi connectivity index (χ0n) is 15.5. The van der Waals surface area contributed by atoms with Crippen LogP contribution < -0.4 is 5.32 Å². The number of benzene rings is 2. The molecule has 1 heterocycles. The first-order valence-electron chi connectivity index (χ1n) is 8.75. The van der Waals surface area contributed by atoms with Crippen molar-refractivity contribution in [2.24, 2.45) is 0 Å². The minimum Gasteiger partial charge on any atom is -0.387 e. The van der Waals surface area contributed by atoms with Gasteiger partial charge in [-0.2, -0.15) is 4.31 Å². The van der Waals surface area contributed by atoms with Gasteiger partial charge in [-0.15, -0.1) is 0 Å². The van der Waals surface area contributed by atoms with E-state index in [1.165, 1.54) is 39.5 Å². The molecular weight excluding hydrogens is 403 g/mol. The molecule has 0 atom stereocenters. The van der Waals surface area contributed by atoms with Crippen LogP contribution in [0.15, 0.2) is 47.4 Å². The molecule has 1 fully saturated rings. The van der Waals surface area contributed by atoms with Gasteiger partial charge in [0.1, 0.15) is 5.82 Å². The number of nitrogens with zero attached hydrogens (tertiary/aromatic N) is 3. The average molecular weight is 422 g/mol. The fourth-order valence-corrected chi connectivity index (χ4v) is 4.57. The fourth-order valence-electron chi connectivity index (χ4n) is 3.12. The van der Waals surface area contributed by atoms with Crippen molar-refractivity contribution < 1.29 is 22.5 Å². The summed E-state index contributed by atoms with van der Waals surface area (Å²) in [5.74, 6) is -1.08. The lowest BCUT2D eigenvalue weighted by molar-refractivity contribution is -0.384. The van der Waals surface area contributed by atoms with Gasteiger partial charge in [0.05, 0.1) is 15.4 Å². The van der Waals surface area contributed by atoms with E-state index in [2.05, 4.69) is 5.32 Å². The summed E-state index contributed by atoms with van der Waals surface area (Å²) in [5.41, 5.74) is 0.373. The van der Waals surface area contributed by atoms with E-state index >= 15 is 0 Å². The minimum absolute atomic E-state index is 0.0361. The topological polar surface area (TPSA) is 113 Å². The molecule has 0 radical (unpaired) electrons. The maximum Gasteiger partial charge on any atom is 0.270 e. The lowest BCUT2D eigenvalue weighted by Gasteiger charge is -2.34. The molecule has 1 N–H and O–H groups in total. The van der Waals surface area contributed by atoms with Crippen molar-refractivity contribution in [1.82, 2.24) is 9.21 Å². The third-order valence-electron chi connectivity index (χ3n) is 4.67. The summed E-state index contributed by atoms with van der Waals surface area (Å²) >= 11 is 0. The number of anilines is 1. The highest BCUT2D eigenvalue weighted by atomic mass is 32.2. The second kappa shape index (κ2) is 8.13. The number of hydrogen-bond acceptors (Lipinski definition) is 6. The Hall–Kier alpha value is -3.05. The Kier molecular flexibility index (Phi) is 5.80. The molecule has 9 nitrogen and oxygen atoms in total. The molecule has 1 aliphatic heterocycles. The maximum atomic E-state index is 13.4. The molecular formula is C18H19FN4O5S. The lowest BCUT2D eigenvalue weighted by Crippen LogP contribution is -2.50. The SMILES string of the molecule is CNc1ccc([N+](=O)[O-])cc1C(=O)N1CCN(S(=O)(=O)c2cccc(F)c2)CC1.